The van der Waals surface area contributed by atoms with E-state index >= 15 is 0 Å². The lowest BCUT2D eigenvalue weighted by Gasteiger charge is -2.37. The number of para-hydroxylation sites is 1. The highest BCUT2D eigenvalue weighted by atomic mass is 16.5. The molecule has 5 rings (SSSR count). The quantitative estimate of drug-likeness (QED) is 0.500. The molecule has 0 aromatic heterocycles. The molecule has 1 saturated heterocycles. The zero-order chi connectivity index (χ0) is 25.2. The maximum atomic E-state index is 13.5. The highest BCUT2D eigenvalue weighted by Gasteiger charge is 2.47. The van der Waals surface area contributed by atoms with Crippen LogP contribution in [0.2, 0.25) is 0 Å². The number of nitrogens with one attached hydrogen (secondary N) is 1. The Morgan fingerprint density at radius 1 is 0.944 bits per heavy atom. The number of nitrogens with zero attached hydrogens (tertiary/aromatic N) is 1. The van der Waals surface area contributed by atoms with Crippen molar-refractivity contribution in [2.75, 3.05) is 21.3 Å². The largest absolute Gasteiger partial charge is 0.493 e. The predicted octanol–water partition coefficient (Wildman–Crippen LogP) is 4.93. The maximum Gasteiger partial charge on any atom is 0.336 e. The van der Waals surface area contributed by atoms with Gasteiger partial charge in [0.05, 0.1) is 32.9 Å². The Balaban J connectivity index is 1.47. The van der Waals surface area contributed by atoms with Gasteiger partial charge in [-0.05, 0) is 47.2 Å². The van der Waals surface area contributed by atoms with Crippen LogP contribution in [0.1, 0.15) is 30.4 Å². The lowest BCUT2D eigenvalue weighted by Crippen LogP contribution is -2.50. The van der Waals surface area contributed by atoms with Crippen LogP contribution in [0.5, 0.6) is 11.5 Å². The van der Waals surface area contributed by atoms with Crippen LogP contribution in [-0.4, -0.2) is 50.3 Å². The Labute approximate surface area is 210 Å². The molecule has 2 amide bonds. The van der Waals surface area contributed by atoms with Crippen molar-refractivity contribution >= 4 is 28.3 Å². The Bertz CT molecular complexity index is 1340. The van der Waals surface area contributed by atoms with E-state index in [0.717, 1.165) is 33.9 Å². The second kappa shape index (κ2) is 9.93. The van der Waals surface area contributed by atoms with E-state index in [9.17, 15) is 9.59 Å². The number of esters is 1. The summed E-state index contributed by atoms with van der Waals surface area (Å²) in [6, 6.07) is 19.3. The van der Waals surface area contributed by atoms with E-state index < -0.39 is 5.97 Å². The molecule has 7 heteroatoms. The fraction of sp³-hybridized carbons (Fsp3) is 0.310. The molecule has 36 heavy (non-hydrogen) atoms. The molecule has 3 aromatic carbocycles. The average molecular weight is 487 g/mol. The predicted molar refractivity (Wildman–Crippen MR) is 138 cm³/mol. The minimum atomic E-state index is -0.424. The van der Waals surface area contributed by atoms with Crippen LogP contribution in [0.3, 0.4) is 0 Å². The molecule has 0 spiro atoms. The number of carbonyl (C=O) groups excluding carboxylic acids is 2. The zero-order valence-electron chi connectivity index (χ0n) is 20.7. The van der Waals surface area contributed by atoms with Gasteiger partial charge >= 0.3 is 12.0 Å². The van der Waals surface area contributed by atoms with E-state index in [0.29, 0.717) is 36.5 Å². The Morgan fingerprint density at radius 2 is 1.72 bits per heavy atom. The molecule has 0 unspecified atom stereocenters. The second-order valence-corrected chi connectivity index (χ2v) is 9.08. The molecule has 2 heterocycles. The average Bonchev–Trinajstić information content (AvgIpc) is 3.23. The van der Waals surface area contributed by atoms with E-state index in [1.807, 2.05) is 47.4 Å². The lowest BCUT2D eigenvalue weighted by atomic mass is 9.87. The summed E-state index contributed by atoms with van der Waals surface area (Å²) in [6.07, 6.45) is 2.04. The summed E-state index contributed by atoms with van der Waals surface area (Å²) in [5.41, 5.74) is 3.21. The molecular weight excluding hydrogens is 456 g/mol. The number of benzene rings is 3. The third kappa shape index (κ3) is 4.04. The van der Waals surface area contributed by atoms with Crippen molar-refractivity contribution in [2.24, 2.45) is 0 Å². The van der Waals surface area contributed by atoms with Gasteiger partial charge in [-0.1, -0.05) is 54.6 Å². The third-order valence-corrected chi connectivity index (χ3v) is 7.28. The number of rotatable bonds is 6. The van der Waals surface area contributed by atoms with Crippen molar-refractivity contribution in [2.45, 2.75) is 37.9 Å². The van der Waals surface area contributed by atoms with Gasteiger partial charge < -0.3 is 24.4 Å². The van der Waals surface area contributed by atoms with Crippen molar-refractivity contribution in [1.82, 2.24) is 10.2 Å². The highest BCUT2D eigenvalue weighted by Crippen LogP contribution is 2.47. The normalized spacial score (nSPS) is 18.8. The summed E-state index contributed by atoms with van der Waals surface area (Å²) >= 11 is 0. The number of ether oxygens (including phenoxy) is 3. The molecule has 7 nitrogen and oxygen atoms in total. The molecule has 2 aliphatic rings. The Kier molecular flexibility index (Phi) is 6.55. The first kappa shape index (κ1) is 23.7. The standard InChI is InChI=1S/C29H30N2O5/c1-34-25-13-7-12-22(27(25)35-2)23-16-20-14-15-24(26(23)28(32)36-3)31(20)29(33)30-17-19-10-6-9-18-8-4-5-11-21(18)19/h4-13,20,24H,14-17H2,1-3H3,(H,30,33)/t20-,24+/m0/s1. The first-order valence-electron chi connectivity index (χ1n) is 12.1. The van der Waals surface area contributed by atoms with E-state index in [1.54, 1.807) is 14.2 Å². The van der Waals surface area contributed by atoms with E-state index in [2.05, 4.69) is 23.5 Å². The van der Waals surface area contributed by atoms with Crippen molar-refractivity contribution in [3.8, 4) is 11.5 Å². The summed E-state index contributed by atoms with van der Waals surface area (Å²) in [5.74, 6) is 0.742. The minimum Gasteiger partial charge on any atom is -0.493 e. The van der Waals surface area contributed by atoms with Gasteiger partial charge in [0, 0.05) is 18.2 Å². The Hall–Kier alpha value is -4.00. The third-order valence-electron chi connectivity index (χ3n) is 7.28. The van der Waals surface area contributed by atoms with Crippen molar-refractivity contribution < 1.29 is 23.8 Å². The summed E-state index contributed by atoms with van der Waals surface area (Å²) in [7, 11) is 4.55. The topological polar surface area (TPSA) is 77.1 Å². The van der Waals surface area contributed by atoms with Gasteiger partial charge in [-0.25, -0.2) is 9.59 Å². The van der Waals surface area contributed by atoms with Crippen LogP contribution in [0.4, 0.5) is 4.79 Å². The second-order valence-electron chi connectivity index (χ2n) is 9.08. The zero-order valence-corrected chi connectivity index (χ0v) is 20.7. The smallest absolute Gasteiger partial charge is 0.336 e. The number of hydrogen-bond donors (Lipinski definition) is 1. The first-order chi connectivity index (χ1) is 17.6. The van der Waals surface area contributed by atoms with E-state index in [-0.39, 0.29) is 18.1 Å². The van der Waals surface area contributed by atoms with Crippen LogP contribution in [-0.2, 0) is 16.1 Å². The number of carbonyl (C=O) groups is 2. The first-order valence-corrected chi connectivity index (χ1v) is 12.1. The van der Waals surface area contributed by atoms with Crippen LogP contribution < -0.4 is 14.8 Å². The van der Waals surface area contributed by atoms with Crippen molar-refractivity contribution in [1.29, 1.82) is 0 Å². The minimum absolute atomic E-state index is 0.0261. The van der Waals surface area contributed by atoms with E-state index in [1.165, 1.54) is 7.11 Å². The lowest BCUT2D eigenvalue weighted by molar-refractivity contribution is -0.136. The van der Waals surface area contributed by atoms with Crippen molar-refractivity contribution in [3.63, 3.8) is 0 Å². The van der Waals surface area contributed by atoms with Gasteiger partial charge in [0.15, 0.2) is 11.5 Å². The summed E-state index contributed by atoms with van der Waals surface area (Å²) in [5, 5.41) is 5.35. The van der Waals surface area contributed by atoms with Crippen molar-refractivity contribution in [3.05, 3.63) is 77.4 Å². The molecule has 2 atom stereocenters. The van der Waals surface area contributed by atoms with Crippen LogP contribution >= 0.6 is 0 Å². The van der Waals surface area contributed by atoms with Crippen LogP contribution in [0.25, 0.3) is 16.3 Å². The van der Waals surface area contributed by atoms with Gasteiger partial charge in [0.2, 0.25) is 0 Å². The fourth-order valence-corrected chi connectivity index (χ4v) is 5.68. The van der Waals surface area contributed by atoms with Gasteiger partial charge in [0.1, 0.15) is 0 Å². The van der Waals surface area contributed by atoms with Gasteiger partial charge in [-0.3, -0.25) is 0 Å². The highest BCUT2D eigenvalue weighted by molar-refractivity contribution is 6.02. The summed E-state index contributed by atoms with van der Waals surface area (Å²) in [6.45, 7) is 0.407. The maximum absolute atomic E-state index is 13.5. The summed E-state index contributed by atoms with van der Waals surface area (Å²) in [4.78, 5) is 28.4. The molecule has 186 valence electrons. The Morgan fingerprint density at radius 3 is 2.50 bits per heavy atom. The molecule has 0 saturated carbocycles. The molecule has 1 fully saturated rings. The van der Waals surface area contributed by atoms with E-state index in [4.69, 9.17) is 14.2 Å². The van der Waals surface area contributed by atoms with Gasteiger partial charge in [-0.2, -0.15) is 0 Å². The van der Waals surface area contributed by atoms with Crippen LogP contribution in [0.15, 0.2) is 66.2 Å². The SMILES string of the molecule is COC(=O)C1=C(c2cccc(OC)c2OC)C[C@@H]2CC[C@H]1N2C(=O)NCc1cccc2ccccc12. The molecule has 2 aliphatic heterocycles. The fourth-order valence-electron chi connectivity index (χ4n) is 5.68. The molecule has 0 radical (unpaired) electrons. The van der Waals surface area contributed by atoms with Gasteiger partial charge in [0.25, 0.3) is 0 Å². The number of hydrogen-bond acceptors (Lipinski definition) is 5. The number of amides is 2. The molecule has 2 bridgehead atoms. The molecule has 1 N–H and O–H groups in total. The van der Waals surface area contributed by atoms with Gasteiger partial charge in [-0.15, -0.1) is 0 Å². The summed E-state index contributed by atoms with van der Waals surface area (Å²) < 4.78 is 16.4. The number of methoxy groups -OCH3 is 3. The van der Waals surface area contributed by atoms with Crippen LogP contribution in [0, 0.1) is 0 Å². The molecule has 3 aromatic rings. The monoisotopic (exact) mass is 486 g/mol. The molecular formula is C29H30N2O5. The number of fused-ring (bicyclic) bond motifs is 3. The molecule has 0 aliphatic carbocycles. The number of urea groups is 1.